The van der Waals surface area contributed by atoms with Gasteiger partial charge in [-0.05, 0) is 26.3 Å². The van der Waals surface area contributed by atoms with Crippen LogP contribution in [0, 0.1) is 6.92 Å². The number of benzene rings is 1. The molecule has 22 heavy (non-hydrogen) atoms. The zero-order chi connectivity index (χ0) is 16.5. The van der Waals surface area contributed by atoms with E-state index in [1.165, 1.54) is 16.0 Å². The van der Waals surface area contributed by atoms with Crippen molar-refractivity contribution in [3.63, 3.8) is 0 Å². The van der Waals surface area contributed by atoms with Crippen LogP contribution < -0.4 is 0 Å². The van der Waals surface area contributed by atoms with Gasteiger partial charge in [0.1, 0.15) is 0 Å². The molecule has 1 aromatic rings. The van der Waals surface area contributed by atoms with Crippen molar-refractivity contribution in [3.05, 3.63) is 35.4 Å². The fourth-order valence-electron chi connectivity index (χ4n) is 2.02. The van der Waals surface area contributed by atoms with Gasteiger partial charge >= 0.3 is 0 Å². The van der Waals surface area contributed by atoms with Crippen LogP contribution in [-0.2, 0) is 15.3 Å². The Bertz CT molecular complexity index is 484. The molecule has 0 saturated heterocycles. The zero-order valence-corrected chi connectivity index (χ0v) is 14.8. The second kappa shape index (κ2) is 9.51. The van der Waals surface area contributed by atoms with E-state index in [0.717, 1.165) is 5.75 Å². The SMILES string of the molecule is CCN(CC)C(=O)CN(C)C(=O)CSCc1ccc(C)cc1. The highest BCUT2D eigenvalue weighted by atomic mass is 32.2. The van der Waals surface area contributed by atoms with Gasteiger partial charge in [-0.15, -0.1) is 11.8 Å². The Kier molecular flexibility index (Phi) is 8.02. The van der Waals surface area contributed by atoms with Gasteiger partial charge < -0.3 is 9.80 Å². The third-order valence-corrected chi connectivity index (χ3v) is 4.52. The summed E-state index contributed by atoms with van der Waals surface area (Å²) in [6.45, 7) is 7.47. The number of hydrogen-bond acceptors (Lipinski definition) is 3. The maximum absolute atomic E-state index is 12.1. The average molecular weight is 322 g/mol. The number of amides is 2. The van der Waals surface area contributed by atoms with Crippen LogP contribution in [0.15, 0.2) is 24.3 Å². The lowest BCUT2D eigenvalue weighted by Gasteiger charge is -2.23. The van der Waals surface area contributed by atoms with E-state index in [4.69, 9.17) is 0 Å². The molecule has 122 valence electrons. The van der Waals surface area contributed by atoms with Gasteiger partial charge in [0.05, 0.1) is 12.3 Å². The van der Waals surface area contributed by atoms with E-state index in [1.807, 2.05) is 13.8 Å². The largest absolute Gasteiger partial charge is 0.342 e. The molecule has 4 nitrogen and oxygen atoms in total. The molecule has 0 unspecified atom stereocenters. The number of carbonyl (C=O) groups excluding carboxylic acids is 2. The minimum Gasteiger partial charge on any atom is -0.342 e. The van der Waals surface area contributed by atoms with Crippen molar-refractivity contribution in [1.29, 1.82) is 0 Å². The van der Waals surface area contributed by atoms with Crippen LogP contribution in [0.3, 0.4) is 0 Å². The number of rotatable bonds is 8. The van der Waals surface area contributed by atoms with Gasteiger partial charge in [0.25, 0.3) is 0 Å². The molecule has 0 aliphatic heterocycles. The maximum atomic E-state index is 12.1. The van der Waals surface area contributed by atoms with E-state index >= 15 is 0 Å². The second-order valence-electron chi connectivity index (χ2n) is 5.29. The number of likely N-dealkylation sites (N-methyl/N-ethyl adjacent to an activating group) is 2. The van der Waals surface area contributed by atoms with Gasteiger partial charge in [0.15, 0.2) is 0 Å². The summed E-state index contributed by atoms with van der Waals surface area (Å²) in [5.74, 6) is 1.21. The Balaban J connectivity index is 2.35. The summed E-state index contributed by atoms with van der Waals surface area (Å²) in [4.78, 5) is 27.3. The quantitative estimate of drug-likeness (QED) is 0.738. The highest BCUT2D eigenvalue weighted by molar-refractivity contribution is 7.99. The first-order chi connectivity index (χ1) is 10.5. The van der Waals surface area contributed by atoms with E-state index in [2.05, 4.69) is 31.2 Å². The van der Waals surface area contributed by atoms with Gasteiger partial charge in [0, 0.05) is 25.9 Å². The van der Waals surface area contributed by atoms with Gasteiger partial charge in [-0.25, -0.2) is 0 Å². The molecule has 0 aliphatic carbocycles. The number of thioether (sulfide) groups is 1. The highest BCUT2D eigenvalue weighted by Gasteiger charge is 2.16. The second-order valence-corrected chi connectivity index (χ2v) is 6.28. The first kappa shape index (κ1) is 18.6. The summed E-state index contributed by atoms with van der Waals surface area (Å²) >= 11 is 1.58. The van der Waals surface area contributed by atoms with Gasteiger partial charge in [0.2, 0.25) is 11.8 Å². The van der Waals surface area contributed by atoms with Gasteiger partial charge in [-0.1, -0.05) is 29.8 Å². The highest BCUT2D eigenvalue weighted by Crippen LogP contribution is 2.13. The van der Waals surface area contributed by atoms with Crippen LogP contribution in [0.5, 0.6) is 0 Å². The normalized spacial score (nSPS) is 10.4. The van der Waals surface area contributed by atoms with Crippen LogP contribution in [0.4, 0.5) is 0 Å². The average Bonchev–Trinajstić information content (AvgIpc) is 2.50. The molecular formula is C17H26N2O2S. The minimum atomic E-state index is -0.00221. The van der Waals surface area contributed by atoms with Crippen LogP contribution in [0.1, 0.15) is 25.0 Å². The van der Waals surface area contributed by atoms with Gasteiger partial charge in [-0.2, -0.15) is 0 Å². The Labute approximate surface area is 137 Å². The first-order valence-electron chi connectivity index (χ1n) is 7.62. The topological polar surface area (TPSA) is 40.6 Å². The molecule has 0 saturated carbocycles. The molecule has 0 bridgehead atoms. The monoisotopic (exact) mass is 322 g/mol. The lowest BCUT2D eigenvalue weighted by Crippen LogP contribution is -2.41. The summed E-state index contributed by atoms with van der Waals surface area (Å²) in [6, 6.07) is 8.32. The van der Waals surface area contributed by atoms with E-state index in [1.54, 1.807) is 23.7 Å². The smallest absolute Gasteiger partial charge is 0.242 e. The van der Waals surface area contributed by atoms with E-state index in [-0.39, 0.29) is 18.4 Å². The van der Waals surface area contributed by atoms with Crippen LogP contribution in [0.25, 0.3) is 0 Å². The van der Waals surface area contributed by atoms with E-state index < -0.39 is 0 Å². The number of carbonyl (C=O) groups is 2. The molecule has 0 spiro atoms. The Hall–Kier alpha value is -1.49. The summed E-state index contributed by atoms with van der Waals surface area (Å²) in [6.07, 6.45) is 0. The number of nitrogens with zero attached hydrogens (tertiary/aromatic N) is 2. The molecule has 0 radical (unpaired) electrons. The number of aryl methyl sites for hydroxylation is 1. The van der Waals surface area contributed by atoms with Crippen molar-refractivity contribution in [2.24, 2.45) is 0 Å². The molecule has 1 rings (SSSR count). The Morgan fingerprint density at radius 2 is 1.64 bits per heavy atom. The van der Waals surface area contributed by atoms with Gasteiger partial charge in [-0.3, -0.25) is 9.59 Å². The molecule has 0 aromatic heterocycles. The van der Waals surface area contributed by atoms with Crippen LogP contribution in [0.2, 0.25) is 0 Å². The molecule has 0 atom stereocenters. The summed E-state index contributed by atoms with van der Waals surface area (Å²) < 4.78 is 0. The lowest BCUT2D eigenvalue weighted by atomic mass is 10.2. The number of hydrogen-bond donors (Lipinski definition) is 0. The zero-order valence-electron chi connectivity index (χ0n) is 14.0. The van der Waals surface area contributed by atoms with Crippen molar-refractivity contribution in [2.45, 2.75) is 26.5 Å². The third kappa shape index (κ3) is 6.10. The lowest BCUT2D eigenvalue weighted by molar-refractivity contribution is -0.137. The van der Waals surface area contributed by atoms with E-state index in [9.17, 15) is 9.59 Å². The van der Waals surface area contributed by atoms with Crippen molar-refractivity contribution < 1.29 is 9.59 Å². The Morgan fingerprint density at radius 1 is 1.05 bits per heavy atom. The fourth-order valence-corrected chi connectivity index (χ4v) is 2.94. The predicted molar refractivity (Wildman–Crippen MR) is 92.9 cm³/mol. The first-order valence-corrected chi connectivity index (χ1v) is 8.78. The third-order valence-electron chi connectivity index (χ3n) is 3.53. The summed E-state index contributed by atoms with van der Waals surface area (Å²) in [5, 5.41) is 0. The standard InChI is InChI=1S/C17H26N2O2S/c1-5-19(6-2)16(20)11-18(4)17(21)13-22-12-15-9-7-14(3)8-10-15/h7-10H,5-6,11-13H2,1-4H3. The molecule has 5 heteroatoms. The molecule has 1 aromatic carbocycles. The van der Waals surface area contributed by atoms with Crippen molar-refractivity contribution >= 4 is 23.6 Å². The summed E-state index contributed by atoms with van der Waals surface area (Å²) in [5.41, 5.74) is 2.45. The molecule has 0 aliphatic rings. The van der Waals surface area contributed by atoms with Crippen LogP contribution >= 0.6 is 11.8 Å². The van der Waals surface area contributed by atoms with Crippen molar-refractivity contribution in [2.75, 3.05) is 32.4 Å². The molecular weight excluding hydrogens is 296 g/mol. The molecule has 0 fully saturated rings. The fraction of sp³-hybridized carbons (Fsp3) is 0.529. The Morgan fingerprint density at radius 3 is 2.18 bits per heavy atom. The van der Waals surface area contributed by atoms with Crippen LogP contribution in [-0.4, -0.2) is 54.0 Å². The molecule has 0 N–H and O–H groups in total. The maximum Gasteiger partial charge on any atom is 0.242 e. The van der Waals surface area contributed by atoms with Crippen molar-refractivity contribution in [3.8, 4) is 0 Å². The van der Waals surface area contributed by atoms with E-state index in [0.29, 0.717) is 18.8 Å². The van der Waals surface area contributed by atoms with Crippen molar-refractivity contribution in [1.82, 2.24) is 9.80 Å². The molecule has 0 heterocycles. The summed E-state index contributed by atoms with van der Waals surface area (Å²) in [7, 11) is 1.69. The molecule has 2 amide bonds. The predicted octanol–water partition coefficient (Wildman–Crippen LogP) is 2.56. The minimum absolute atomic E-state index is 0.00221.